The molecule has 0 amide bonds. The van der Waals surface area contributed by atoms with Crippen LogP contribution in [-0.4, -0.2) is 10.2 Å². The number of benzene rings is 1. The first-order chi connectivity index (χ1) is 8.59. The minimum absolute atomic E-state index is 0.0729. The molecule has 7 nitrogen and oxygen atoms in total. The molecule has 0 aliphatic rings. The summed E-state index contributed by atoms with van der Waals surface area (Å²) in [4.78, 5) is 0. The van der Waals surface area contributed by atoms with Crippen molar-refractivity contribution in [2.24, 2.45) is 0 Å². The van der Waals surface area contributed by atoms with E-state index in [0.29, 0.717) is 10.9 Å². The molecule has 0 spiro atoms. The van der Waals surface area contributed by atoms with Crippen LogP contribution in [0.3, 0.4) is 0 Å². The zero-order valence-corrected chi connectivity index (χ0v) is 10.8. The van der Waals surface area contributed by atoms with Gasteiger partial charge in [0.15, 0.2) is 0 Å². The maximum absolute atomic E-state index is 9.71. The number of rotatable bonds is 0. The molecule has 0 aliphatic carbocycles. The molecule has 0 saturated heterocycles. The summed E-state index contributed by atoms with van der Waals surface area (Å²) in [5, 5.41) is 20.6. The van der Waals surface area contributed by atoms with E-state index in [1.54, 1.807) is 19.1 Å². The van der Waals surface area contributed by atoms with Gasteiger partial charge in [0.2, 0.25) is 0 Å². The van der Waals surface area contributed by atoms with Crippen molar-refractivity contribution in [3.8, 4) is 11.5 Å². The van der Waals surface area contributed by atoms with Gasteiger partial charge in [0.1, 0.15) is 16.9 Å². The molecule has 19 heavy (non-hydrogen) atoms. The van der Waals surface area contributed by atoms with E-state index in [0.717, 1.165) is 11.1 Å². The predicted molar refractivity (Wildman–Crippen MR) is 53.4 cm³/mol. The Bertz CT molecular complexity index is 586. The van der Waals surface area contributed by atoms with Gasteiger partial charge >= 0.3 is 12.0 Å². The van der Waals surface area contributed by atoms with Crippen molar-refractivity contribution >= 4 is 10.8 Å². The molecule has 1 aromatic heterocycles. The third kappa shape index (κ3) is 4.51. The lowest BCUT2D eigenvalue weighted by Gasteiger charge is -2.17. The van der Waals surface area contributed by atoms with E-state index in [4.69, 9.17) is 23.1 Å². The molecule has 104 valence electrons. The van der Waals surface area contributed by atoms with Gasteiger partial charge in [-0.2, -0.15) is 0 Å². The first-order valence-electron chi connectivity index (χ1n) is 4.95. The number of halogens is 1. The van der Waals surface area contributed by atoms with Crippen LogP contribution >= 0.6 is 0 Å². The molecule has 2 N–H and O–H groups in total. The standard InChI is InChI=1S/C11H10O3.ClHO4/c1-6-3-8-4-10(12)7(2)11(13)9(8)5-14-6;2-1(3,4)5/h3-5H,1-2H3,(H-,12,13);(H,2,3,4,5). The van der Waals surface area contributed by atoms with Crippen molar-refractivity contribution in [1.82, 2.24) is 0 Å². The molecule has 2 aromatic rings. The summed E-state index contributed by atoms with van der Waals surface area (Å²) in [5.41, 5.74) is 0.469. The maximum atomic E-state index is 9.71. The molecular weight excluding hydrogens is 280 g/mol. The second kappa shape index (κ2) is 5.55. The number of hydrogen-bond acceptors (Lipinski definition) is 6. The van der Waals surface area contributed by atoms with Crippen LogP contribution in [0, 0.1) is 24.1 Å². The fourth-order valence-electron chi connectivity index (χ4n) is 1.44. The summed E-state index contributed by atoms with van der Waals surface area (Å²) < 4.78 is 39.1. The molecule has 0 aliphatic heterocycles. The molecule has 0 atom stereocenters. The van der Waals surface area contributed by atoms with Gasteiger partial charge in [0.05, 0.1) is 6.92 Å². The molecule has 0 unspecified atom stereocenters. The molecule has 0 fully saturated rings. The average Bonchev–Trinajstić information content (AvgIpc) is 2.23. The summed E-state index contributed by atoms with van der Waals surface area (Å²) in [6.07, 6.45) is 1.49. The van der Waals surface area contributed by atoms with Gasteiger partial charge in [0.25, 0.3) is 0 Å². The lowest BCUT2D eigenvalue weighted by molar-refractivity contribution is -2.00. The van der Waals surface area contributed by atoms with Gasteiger partial charge in [-0.05, 0) is 13.0 Å². The van der Waals surface area contributed by atoms with Crippen LogP contribution in [0.2, 0.25) is 0 Å². The van der Waals surface area contributed by atoms with E-state index in [2.05, 4.69) is 0 Å². The second-order valence-corrected chi connectivity index (χ2v) is 4.50. The number of aryl methyl sites for hydroxylation is 1. The smallest absolute Gasteiger partial charge is 0.329 e. The molecule has 0 saturated carbocycles. The minimum atomic E-state index is -4.94. The highest BCUT2D eigenvalue weighted by atomic mass is 35.7. The van der Waals surface area contributed by atoms with Gasteiger partial charge in [-0.1, -0.05) is 0 Å². The van der Waals surface area contributed by atoms with Crippen molar-refractivity contribution in [3.05, 3.63) is 29.7 Å². The molecule has 1 heterocycles. The molecule has 8 heteroatoms. The Hall–Kier alpha value is -1.64. The number of phenols is 2. The monoisotopic (exact) mass is 290 g/mol. The zero-order chi connectivity index (χ0) is 14.8. The van der Waals surface area contributed by atoms with Crippen LogP contribution in [0.25, 0.3) is 10.8 Å². The van der Waals surface area contributed by atoms with Crippen molar-refractivity contribution in [3.63, 3.8) is 0 Å². The van der Waals surface area contributed by atoms with Crippen molar-refractivity contribution in [2.75, 3.05) is 0 Å². The fourth-order valence-corrected chi connectivity index (χ4v) is 1.44. The Kier molecular flexibility index (Phi) is 4.51. The Balaban J connectivity index is 0.000000312. The van der Waals surface area contributed by atoms with E-state index in [1.807, 2.05) is 6.92 Å². The molecule has 0 bridgehead atoms. The van der Waals surface area contributed by atoms with Gasteiger partial charge in [-0.3, -0.25) is 0 Å². The van der Waals surface area contributed by atoms with Gasteiger partial charge in [-0.25, -0.2) is 23.1 Å². The van der Waals surface area contributed by atoms with Gasteiger partial charge < -0.3 is 10.2 Å². The summed E-state index contributed by atoms with van der Waals surface area (Å²) in [6, 6.07) is 3.39. The first-order valence-corrected chi connectivity index (χ1v) is 6.18. The number of aromatic hydroxyl groups is 2. The highest BCUT2D eigenvalue weighted by molar-refractivity contribution is 5.90. The summed E-state index contributed by atoms with van der Waals surface area (Å²) in [7, 11) is -4.94. The Labute approximate surface area is 110 Å². The minimum Gasteiger partial charge on any atom is -0.508 e. The van der Waals surface area contributed by atoms with E-state index < -0.39 is 10.2 Å². The quantitative estimate of drug-likeness (QED) is 0.533. The third-order valence-corrected chi connectivity index (χ3v) is 2.32. The van der Waals surface area contributed by atoms with Gasteiger partial charge in [-0.15, -0.1) is 10.2 Å². The predicted octanol–water partition coefficient (Wildman–Crippen LogP) is -2.01. The summed E-state index contributed by atoms with van der Waals surface area (Å²) in [5.74, 6) is 0.907. The highest BCUT2D eigenvalue weighted by Crippen LogP contribution is 2.34. The lowest BCUT2D eigenvalue weighted by Crippen LogP contribution is -2.68. The largest absolute Gasteiger partial charge is 0.508 e. The highest BCUT2D eigenvalue weighted by Gasteiger charge is 2.13. The van der Waals surface area contributed by atoms with Crippen LogP contribution in [0.15, 0.2) is 22.8 Å². The van der Waals surface area contributed by atoms with E-state index in [9.17, 15) is 10.2 Å². The zero-order valence-electron chi connectivity index (χ0n) is 10.0. The first kappa shape index (κ1) is 15.4. The lowest BCUT2D eigenvalue weighted by atomic mass is 10.1. The Morgan fingerprint density at radius 1 is 1.05 bits per heavy atom. The molecule has 2 rings (SSSR count). The summed E-state index contributed by atoms with van der Waals surface area (Å²) >= 11 is 0. The van der Waals surface area contributed by atoms with E-state index >= 15 is 0 Å². The maximum Gasteiger partial charge on any atom is 0.329 e. The van der Waals surface area contributed by atoms with Crippen LogP contribution in [-0.2, 0) is 0 Å². The average molecular weight is 291 g/mol. The number of hydrogen-bond donors (Lipinski definition) is 2. The Morgan fingerprint density at radius 3 is 2.11 bits per heavy atom. The van der Waals surface area contributed by atoms with Crippen LogP contribution in [0.5, 0.6) is 11.5 Å². The normalized spacial score (nSPS) is 11.1. The van der Waals surface area contributed by atoms with Crippen LogP contribution in [0.4, 0.5) is 0 Å². The van der Waals surface area contributed by atoms with Crippen molar-refractivity contribution in [1.29, 1.82) is 0 Å². The van der Waals surface area contributed by atoms with Gasteiger partial charge in [0, 0.05) is 17.0 Å². The van der Waals surface area contributed by atoms with Crippen LogP contribution < -0.4 is 18.6 Å². The molecule has 0 radical (unpaired) electrons. The van der Waals surface area contributed by atoms with Crippen molar-refractivity contribution in [2.45, 2.75) is 13.8 Å². The topological polar surface area (TPSA) is 144 Å². The number of fused-ring (bicyclic) bond motifs is 1. The SMILES string of the molecule is Cc1cc2cc(O)c(C)c(O)c2c[o+]1.[O-][Cl+3]([O-])([O-])[O-]. The molecule has 1 aromatic carbocycles. The van der Waals surface area contributed by atoms with Crippen LogP contribution in [0.1, 0.15) is 11.3 Å². The Morgan fingerprint density at radius 2 is 1.58 bits per heavy atom. The van der Waals surface area contributed by atoms with E-state index in [-0.39, 0.29) is 11.5 Å². The molecular formula is C11H11ClO7. The number of phenolic OH excluding ortho intramolecular Hbond substituents is 2. The fraction of sp³-hybridized carbons (Fsp3) is 0.182. The second-order valence-electron chi connectivity index (χ2n) is 3.74. The van der Waals surface area contributed by atoms with Crippen molar-refractivity contribution < 1.29 is 43.5 Å². The van der Waals surface area contributed by atoms with E-state index in [1.165, 1.54) is 6.26 Å². The third-order valence-electron chi connectivity index (χ3n) is 2.32. The summed E-state index contributed by atoms with van der Waals surface area (Å²) in [6.45, 7) is 3.47.